The summed E-state index contributed by atoms with van der Waals surface area (Å²) in [4.78, 5) is 26.2. The third-order valence-electron chi connectivity index (χ3n) is 4.42. The second-order valence-corrected chi connectivity index (χ2v) is 6.31. The first-order valence-corrected chi connectivity index (χ1v) is 8.53. The number of anilines is 1. The zero-order valence-corrected chi connectivity index (χ0v) is 14.0. The molecule has 0 saturated carbocycles. The minimum absolute atomic E-state index is 0.0768. The van der Waals surface area contributed by atoms with Crippen molar-refractivity contribution < 1.29 is 14.7 Å². The molecular formula is C20H22N2O3. The van der Waals surface area contributed by atoms with Crippen molar-refractivity contribution in [3.63, 3.8) is 0 Å². The third-order valence-corrected chi connectivity index (χ3v) is 4.42. The largest absolute Gasteiger partial charge is 0.393 e. The van der Waals surface area contributed by atoms with Gasteiger partial charge in [0.15, 0.2) is 0 Å². The summed E-state index contributed by atoms with van der Waals surface area (Å²) >= 11 is 0. The maximum Gasteiger partial charge on any atom is 0.255 e. The third kappa shape index (κ3) is 4.67. The Morgan fingerprint density at radius 3 is 2.28 bits per heavy atom. The fourth-order valence-electron chi connectivity index (χ4n) is 2.90. The minimum Gasteiger partial charge on any atom is -0.393 e. The van der Waals surface area contributed by atoms with Gasteiger partial charge in [-0.25, -0.2) is 0 Å². The number of nitrogens with zero attached hydrogens (tertiary/aromatic N) is 1. The van der Waals surface area contributed by atoms with Crippen LogP contribution >= 0.6 is 0 Å². The van der Waals surface area contributed by atoms with Crippen LogP contribution in [-0.2, 0) is 11.2 Å². The number of hydrogen-bond acceptors (Lipinski definition) is 3. The van der Waals surface area contributed by atoms with Crippen LogP contribution < -0.4 is 5.32 Å². The molecule has 0 atom stereocenters. The highest BCUT2D eigenvalue weighted by atomic mass is 16.3. The lowest BCUT2D eigenvalue weighted by molar-refractivity contribution is -0.132. The number of benzene rings is 2. The lowest BCUT2D eigenvalue weighted by Crippen LogP contribution is -2.40. The van der Waals surface area contributed by atoms with E-state index in [0.717, 1.165) is 5.56 Å². The predicted molar refractivity (Wildman–Crippen MR) is 96.4 cm³/mol. The molecule has 0 unspecified atom stereocenters. The van der Waals surface area contributed by atoms with Gasteiger partial charge in [-0.05, 0) is 42.7 Å². The number of nitrogens with one attached hydrogen (secondary N) is 1. The number of aliphatic hydroxyl groups is 1. The van der Waals surface area contributed by atoms with Gasteiger partial charge in [0, 0.05) is 24.3 Å². The second kappa shape index (κ2) is 7.94. The summed E-state index contributed by atoms with van der Waals surface area (Å²) in [6.45, 7) is 1.23. The van der Waals surface area contributed by atoms with E-state index in [1.54, 1.807) is 17.0 Å². The van der Waals surface area contributed by atoms with E-state index in [9.17, 15) is 14.7 Å². The summed E-state index contributed by atoms with van der Waals surface area (Å²) in [6.07, 6.45) is 1.35. The van der Waals surface area contributed by atoms with Gasteiger partial charge in [0.05, 0.1) is 12.5 Å². The fourth-order valence-corrected chi connectivity index (χ4v) is 2.90. The molecule has 2 amide bonds. The SMILES string of the molecule is O=C(Nc1ccc(CC(=O)N2CCC(O)CC2)cc1)c1ccccc1. The van der Waals surface area contributed by atoms with Crippen LogP contribution in [0.1, 0.15) is 28.8 Å². The summed E-state index contributed by atoms with van der Waals surface area (Å²) < 4.78 is 0. The summed E-state index contributed by atoms with van der Waals surface area (Å²) in [5.41, 5.74) is 2.22. The lowest BCUT2D eigenvalue weighted by atomic mass is 10.1. The Bertz CT molecular complexity index is 720. The number of aliphatic hydroxyl groups excluding tert-OH is 1. The molecule has 1 aliphatic heterocycles. The van der Waals surface area contributed by atoms with Gasteiger partial charge in [0.2, 0.25) is 5.91 Å². The average molecular weight is 338 g/mol. The molecule has 0 aromatic heterocycles. The van der Waals surface area contributed by atoms with Crippen molar-refractivity contribution in [1.82, 2.24) is 4.90 Å². The normalized spacial score (nSPS) is 15.0. The van der Waals surface area contributed by atoms with Gasteiger partial charge in [-0.1, -0.05) is 30.3 Å². The number of piperidine rings is 1. The Morgan fingerprint density at radius 2 is 1.64 bits per heavy atom. The van der Waals surface area contributed by atoms with Crippen molar-refractivity contribution in [2.75, 3.05) is 18.4 Å². The van der Waals surface area contributed by atoms with Crippen LogP contribution in [0.3, 0.4) is 0 Å². The zero-order valence-electron chi connectivity index (χ0n) is 14.0. The molecule has 1 saturated heterocycles. The summed E-state index contributed by atoms with van der Waals surface area (Å²) in [5, 5.41) is 12.4. The summed E-state index contributed by atoms with van der Waals surface area (Å²) in [6, 6.07) is 16.4. The maximum absolute atomic E-state index is 12.3. The van der Waals surface area contributed by atoms with Crippen LogP contribution in [0.4, 0.5) is 5.69 Å². The van der Waals surface area contributed by atoms with Gasteiger partial charge in [-0.3, -0.25) is 9.59 Å². The van der Waals surface area contributed by atoms with Crippen molar-refractivity contribution in [1.29, 1.82) is 0 Å². The first-order chi connectivity index (χ1) is 12.1. The predicted octanol–water partition coefficient (Wildman–Crippen LogP) is 2.46. The number of carbonyl (C=O) groups excluding carboxylic acids is 2. The Morgan fingerprint density at radius 1 is 1.00 bits per heavy atom. The van der Waals surface area contributed by atoms with E-state index in [0.29, 0.717) is 43.6 Å². The number of carbonyl (C=O) groups is 2. The number of likely N-dealkylation sites (tertiary alicyclic amines) is 1. The van der Waals surface area contributed by atoms with Crippen molar-refractivity contribution in [3.05, 3.63) is 65.7 Å². The van der Waals surface area contributed by atoms with Crippen LogP contribution in [0, 0.1) is 0 Å². The van der Waals surface area contributed by atoms with Crippen molar-refractivity contribution in [2.45, 2.75) is 25.4 Å². The molecule has 25 heavy (non-hydrogen) atoms. The standard InChI is InChI=1S/C20H22N2O3/c23-18-10-12-22(13-11-18)19(24)14-15-6-8-17(9-7-15)21-20(25)16-4-2-1-3-5-16/h1-9,18,23H,10-14H2,(H,21,25). The van der Waals surface area contributed by atoms with E-state index >= 15 is 0 Å². The monoisotopic (exact) mass is 338 g/mol. The van der Waals surface area contributed by atoms with Gasteiger partial charge in [0.25, 0.3) is 5.91 Å². The Labute approximate surface area is 147 Å². The Balaban J connectivity index is 1.55. The molecule has 0 radical (unpaired) electrons. The lowest BCUT2D eigenvalue weighted by Gasteiger charge is -2.29. The highest BCUT2D eigenvalue weighted by Crippen LogP contribution is 2.15. The molecular weight excluding hydrogens is 316 g/mol. The number of hydrogen-bond donors (Lipinski definition) is 2. The highest BCUT2D eigenvalue weighted by molar-refractivity contribution is 6.04. The quantitative estimate of drug-likeness (QED) is 0.900. The van der Waals surface area contributed by atoms with Gasteiger partial charge < -0.3 is 15.3 Å². The molecule has 0 bridgehead atoms. The van der Waals surface area contributed by atoms with E-state index in [2.05, 4.69) is 5.32 Å². The van der Waals surface area contributed by atoms with Gasteiger partial charge in [-0.2, -0.15) is 0 Å². The topological polar surface area (TPSA) is 69.6 Å². The smallest absolute Gasteiger partial charge is 0.255 e. The number of rotatable bonds is 4. The van der Waals surface area contributed by atoms with Crippen LogP contribution in [0.15, 0.2) is 54.6 Å². The first-order valence-electron chi connectivity index (χ1n) is 8.53. The van der Waals surface area contributed by atoms with E-state index in [4.69, 9.17) is 0 Å². The fraction of sp³-hybridized carbons (Fsp3) is 0.300. The van der Waals surface area contributed by atoms with Crippen LogP contribution in [0.5, 0.6) is 0 Å². The molecule has 3 rings (SSSR count). The molecule has 2 aromatic carbocycles. The highest BCUT2D eigenvalue weighted by Gasteiger charge is 2.21. The Kier molecular flexibility index (Phi) is 5.46. The molecule has 0 aliphatic carbocycles. The summed E-state index contributed by atoms with van der Waals surface area (Å²) in [7, 11) is 0. The molecule has 1 fully saturated rings. The number of amides is 2. The molecule has 0 spiro atoms. The Hall–Kier alpha value is -2.66. The van der Waals surface area contributed by atoms with Crippen LogP contribution in [0.25, 0.3) is 0 Å². The molecule has 1 aliphatic rings. The van der Waals surface area contributed by atoms with E-state index in [1.807, 2.05) is 42.5 Å². The molecule has 2 N–H and O–H groups in total. The zero-order chi connectivity index (χ0) is 17.6. The molecule has 2 aromatic rings. The second-order valence-electron chi connectivity index (χ2n) is 6.31. The van der Waals surface area contributed by atoms with Crippen molar-refractivity contribution in [2.24, 2.45) is 0 Å². The van der Waals surface area contributed by atoms with Crippen molar-refractivity contribution in [3.8, 4) is 0 Å². The van der Waals surface area contributed by atoms with E-state index in [-0.39, 0.29) is 17.9 Å². The van der Waals surface area contributed by atoms with Crippen LogP contribution in [0.2, 0.25) is 0 Å². The molecule has 5 heteroatoms. The summed E-state index contributed by atoms with van der Waals surface area (Å²) in [5.74, 6) is -0.0794. The van der Waals surface area contributed by atoms with E-state index < -0.39 is 0 Å². The molecule has 5 nitrogen and oxygen atoms in total. The molecule has 130 valence electrons. The minimum atomic E-state index is -0.281. The average Bonchev–Trinajstić information content (AvgIpc) is 2.64. The van der Waals surface area contributed by atoms with E-state index in [1.165, 1.54) is 0 Å². The van der Waals surface area contributed by atoms with Crippen molar-refractivity contribution >= 4 is 17.5 Å². The van der Waals surface area contributed by atoms with Crippen LogP contribution in [-0.4, -0.2) is 41.0 Å². The van der Waals surface area contributed by atoms with Gasteiger partial charge in [0.1, 0.15) is 0 Å². The molecule has 1 heterocycles. The first kappa shape index (κ1) is 17.2. The van der Waals surface area contributed by atoms with Gasteiger partial charge >= 0.3 is 0 Å². The maximum atomic E-state index is 12.3. The van der Waals surface area contributed by atoms with Gasteiger partial charge in [-0.15, -0.1) is 0 Å².